The van der Waals surface area contributed by atoms with E-state index in [1.165, 1.54) is 12.1 Å². The Labute approximate surface area is 112 Å². The molecule has 2 nitrogen and oxygen atoms in total. The number of alkyl halides is 3. The van der Waals surface area contributed by atoms with E-state index in [0.717, 1.165) is 18.5 Å². The Kier molecular flexibility index (Phi) is 5.66. The van der Waals surface area contributed by atoms with Gasteiger partial charge in [0.25, 0.3) is 0 Å². The van der Waals surface area contributed by atoms with Crippen molar-refractivity contribution in [3.63, 3.8) is 0 Å². The average Bonchev–Trinajstić information content (AvgIpc) is 2.34. The molecule has 5 heteroatoms. The first kappa shape index (κ1) is 15.8. The van der Waals surface area contributed by atoms with Gasteiger partial charge in [0.2, 0.25) is 0 Å². The number of rotatable bonds is 6. The van der Waals surface area contributed by atoms with Crippen molar-refractivity contribution in [1.82, 2.24) is 5.32 Å². The molecule has 0 aromatic heterocycles. The van der Waals surface area contributed by atoms with Gasteiger partial charge in [0.1, 0.15) is 5.75 Å². The molecule has 0 saturated carbocycles. The van der Waals surface area contributed by atoms with Crippen LogP contribution in [-0.4, -0.2) is 18.9 Å². The molecule has 1 aromatic rings. The maximum atomic E-state index is 12.0. The average molecular weight is 275 g/mol. The standard InChI is InChI=1S/C14H20F3NO/c1-4-9-18-11(3)10(2)12-5-7-13(8-6-12)19-14(15,16)17/h5-8,10-11,18H,4,9H2,1-3H3. The molecule has 0 radical (unpaired) electrons. The van der Waals surface area contributed by atoms with Gasteiger partial charge in [-0.1, -0.05) is 26.0 Å². The minimum absolute atomic E-state index is 0.183. The lowest BCUT2D eigenvalue weighted by molar-refractivity contribution is -0.274. The zero-order chi connectivity index (χ0) is 14.5. The van der Waals surface area contributed by atoms with Crippen LogP contribution in [0.4, 0.5) is 13.2 Å². The van der Waals surface area contributed by atoms with E-state index in [2.05, 4.69) is 23.9 Å². The van der Waals surface area contributed by atoms with Crippen molar-refractivity contribution in [3.05, 3.63) is 29.8 Å². The predicted octanol–water partition coefficient (Wildman–Crippen LogP) is 4.08. The van der Waals surface area contributed by atoms with Crippen molar-refractivity contribution >= 4 is 0 Å². The van der Waals surface area contributed by atoms with Crippen LogP contribution < -0.4 is 10.1 Å². The van der Waals surface area contributed by atoms with Crippen LogP contribution in [-0.2, 0) is 0 Å². The quantitative estimate of drug-likeness (QED) is 0.844. The molecule has 0 amide bonds. The molecule has 2 unspecified atom stereocenters. The van der Waals surface area contributed by atoms with Gasteiger partial charge in [-0.15, -0.1) is 13.2 Å². The Bertz CT molecular complexity index is 375. The van der Waals surface area contributed by atoms with Gasteiger partial charge in [0.05, 0.1) is 0 Å². The highest BCUT2D eigenvalue weighted by molar-refractivity contribution is 5.30. The van der Waals surface area contributed by atoms with E-state index in [1.807, 2.05) is 6.92 Å². The van der Waals surface area contributed by atoms with Gasteiger partial charge in [-0.05, 0) is 43.5 Å². The molecule has 19 heavy (non-hydrogen) atoms. The first-order chi connectivity index (χ1) is 8.83. The van der Waals surface area contributed by atoms with Crippen LogP contribution in [0.2, 0.25) is 0 Å². The Balaban J connectivity index is 2.65. The third-order valence-electron chi connectivity index (χ3n) is 3.11. The van der Waals surface area contributed by atoms with Crippen LogP contribution in [0.1, 0.15) is 38.7 Å². The van der Waals surface area contributed by atoms with Crippen molar-refractivity contribution in [3.8, 4) is 5.75 Å². The molecule has 2 atom stereocenters. The minimum atomic E-state index is -4.64. The van der Waals surface area contributed by atoms with Gasteiger partial charge >= 0.3 is 6.36 Å². The van der Waals surface area contributed by atoms with E-state index < -0.39 is 6.36 Å². The van der Waals surface area contributed by atoms with Gasteiger partial charge in [0, 0.05) is 6.04 Å². The smallest absolute Gasteiger partial charge is 0.406 e. The third kappa shape index (κ3) is 5.51. The van der Waals surface area contributed by atoms with E-state index in [0.29, 0.717) is 0 Å². The molecule has 1 aromatic carbocycles. The Hall–Kier alpha value is -1.23. The summed E-state index contributed by atoms with van der Waals surface area (Å²) in [5.41, 5.74) is 0.991. The minimum Gasteiger partial charge on any atom is -0.406 e. The van der Waals surface area contributed by atoms with Crippen LogP contribution in [0, 0.1) is 0 Å². The Morgan fingerprint density at radius 3 is 2.21 bits per heavy atom. The van der Waals surface area contributed by atoms with Crippen LogP contribution in [0.25, 0.3) is 0 Å². The topological polar surface area (TPSA) is 21.3 Å². The second-order valence-electron chi connectivity index (χ2n) is 4.65. The molecular weight excluding hydrogens is 255 g/mol. The van der Waals surface area contributed by atoms with Crippen molar-refractivity contribution in [2.75, 3.05) is 6.54 Å². The molecule has 1 N–H and O–H groups in total. The summed E-state index contributed by atoms with van der Waals surface area (Å²) < 4.78 is 40.0. The molecule has 0 aliphatic rings. The zero-order valence-corrected chi connectivity index (χ0v) is 11.4. The summed E-state index contributed by atoms with van der Waals surface area (Å²) in [6.45, 7) is 7.14. The van der Waals surface area contributed by atoms with Gasteiger partial charge in [-0.2, -0.15) is 0 Å². The number of nitrogens with one attached hydrogen (secondary N) is 1. The predicted molar refractivity (Wildman–Crippen MR) is 69.3 cm³/mol. The summed E-state index contributed by atoms with van der Waals surface area (Å²) in [6.07, 6.45) is -3.58. The molecule has 0 bridgehead atoms. The fourth-order valence-electron chi connectivity index (χ4n) is 1.81. The molecule has 0 saturated heterocycles. The van der Waals surface area contributed by atoms with Crippen molar-refractivity contribution in [2.45, 2.75) is 45.5 Å². The van der Waals surface area contributed by atoms with Crippen LogP contribution in [0.5, 0.6) is 5.75 Å². The number of hydrogen-bond acceptors (Lipinski definition) is 2. The molecular formula is C14H20F3NO. The molecule has 108 valence electrons. The summed E-state index contributed by atoms with van der Waals surface area (Å²) >= 11 is 0. The highest BCUT2D eigenvalue weighted by Gasteiger charge is 2.31. The van der Waals surface area contributed by atoms with E-state index >= 15 is 0 Å². The molecule has 0 heterocycles. The number of benzene rings is 1. The van der Waals surface area contributed by atoms with Crippen molar-refractivity contribution < 1.29 is 17.9 Å². The van der Waals surface area contributed by atoms with Crippen LogP contribution >= 0.6 is 0 Å². The van der Waals surface area contributed by atoms with E-state index in [1.54, 1.807) is 12.1 Å². The highest BCUT2D eigenvalue weighted by Crippen LogP contribution is 2.26. The van der Waals surface area contributed by atoms with Gasteiger partial charge < -0.3 is 10.1 Å². The molecule has 1 rings (SSSR count). The van der Waals surface area contributed by atoms with Gasteiger partial charge in [0.15, 0.2) is 0 Å². The monoisotopic (exact) mass is 275 g/mol. The fraction of sp³-hybridized carbons (Fsp3) is 0.571. The maximum absolute atomic E-state index is 12.0. The van der Waals surface area contributed by atoms with Gasteiger partial charge in [-0.25, -0.2) is 0 Å². The van der Waals surface area contributed by atoms with E-state index in [9.17, 15) is 13.2 Å². The summed E-state index contributed by atoms with van der Waals surface area (Å²) in [4.78, 5) is 0. The van der Waals surface area contributed by atoms with Crippen LogP contribution in [0.15, 0.2) is 24.3 Å². The van der Waals surface area contributed by atoms with E-state index in [-0.39, 0.29) is 17.7 Å². The second kappa shape index (κ2) is 6.80. The lowest BCUT2D eigenvalue weighted by atomic mass is 9.94. The Morgan fingerprint density at radius 2 is 1.74 bits per heavy atom. The molecule has 0 aliphatic carbocycles. The summed E-state index contributed by atoms with van der Waals surface area (Å²) in [6, 6.07) is 6.33. The number of halogens is 3. The van der Waals surface area contributed by atoms with Crippen LogP contribution in [0.3, 0.4) is 0 Å². The normalized spacial score (nSPS) is 15.1. The number of hydrogen-bond donors (Lipinski definition) is 1. The maximum Gasteiger partial charge on any atom is 0.573 e. The fourth-order valence-corrected chi connectivity index (χ4v) is 1.81. The van der Waals surface area contributed by atoms with Crippen molar-refractivity contribution in [2.24, 2.45) is 0 Å². The second-order valence-corrected chi connectivity index (χ2v) is 4.65. The lowest BCUT2D eigenvalue weighted by Crippen LogP contribution is -2.31. The summed E-state index contributed by atoms with van der Waals surface area (Å²) in [5.74, 6) is 0.0455. The SMILES string of the molecule is CCCNC(C)C(C)c1ccc(OC(F)(F)F)cc1. The summed E-state index contributed by atoms with van der Waals surface area (Å²) in [5, 5.41) is 3.37. The zero-order valence-electron chi connectivity index (χ0n) is 11.4. The van der Waals surface area contributed by atoms with Gasteiger partial charge in [-0.3, -0.25) is 0 Å². The third-order valence-corrected chi connectivity index (χ3v) is 3.11. The lowest BCUT2D eigenvalue weighted by Gasteiger charge is -2.22. The highest BCUT2D eigenvalue weighted by atomic mass is 19.4. The first-order valence-electron chi connectivity index (χ1n) is 6.42. The largest absolute Gasteiger partial charge is 0.573 e. The summed E-state index contributed by atoms with van der Waals surface area (Å²) in [7, 11) is 0. The molecule has 0 aliphatic heterocycles. The first-order valence-corrected chi connectivity index (χ1v) is 6.42. The van der Waals surface area contributed by atoms with Crippen molar-refractivity contribution in [1.29, 1.82) is 0 Å². The Morgan fingerprint density at radius 1 is 1.16 bits per heavy atom. The van der Waals surface area contributed by atoms with E-state index in [4.69, 9.17) is 0 Å². The molecule has 0 spiro atoms. The number of ether oxygens (including phenoxy) is 1. The molecule has 0 fully saturated rings.